The lowest BCUT2D eigenvalue weighted by molar-refractivity contribution is -0.115. The highest BCUT2D eigenvalue weighted by Gasteiger charge is 2.20. The summed E-state index contributed by atoms with van der Waals surface area (Å²) in [7, 11) is 3.10. The third-order valence-corrected chi connectivity index (χ3v) is 5.18. The van der Waals surface area contributed by atoms with Crippen molar-refractivity contribution in [3.05, 3.63) is 48.5 Å². The molecule has 0 aromatic heterocycles. The van der Waals surface area contributed by atoms with E-state index in [4.69, 9.17) is 9.47 Å². The molecule has 0 saturated carbocycles. The van der Waals surface area contributed by atoms with E-state index in [-0.39, 0.29) is 22.8 Å². The second-order valence-electron chi connectivity index (χ2n) is 5.68. The fourth-order valence-corrected chi connectivity index (χ4v) is 3.27. The van der Waals surface area contributed by atoms with Crippen LogP contribution in [0.25, 0.3) is 0 Å². The monoisotopic (exact) mass is 388 g/mol. The van der Waals surface area contributed by atoms with Crippen LogP contribution < -0.4 is 20.1 Å². The molecule has 0 aliphatic heterocycles. The lowest BCUT2D eigenvalue weighted by Gasteiger charge is -2.17. The van der Waals surface area contributed by atoms with Gasteiger partial charge < -0.3 is 20.1 Å². The van der Waals surface area contributed by atoms with E-state index in [1.54, 1.807) is 25.3 Å². The van der Waals surface area contributed by atoms with E-state index in [9.17, 15) is 9.59 Å². The van der Waals surface area contributed by atoms with Crippen molar-refractivity contribution in [3.63, 3.8) is 0 Å². The summed E-state index contributed by atoms with van der Waals surface area (Å²) in [5.74, 6) is 1.04. The van der Waals surface area contributed by atoms with Gasteiger partial charge in [0.2, 0.25) is 11.8 Å². The molecule has 144 valence electrons. The summed E-state index contributed by atoms with van der Waals surface area (Å²) in [4.78, 5) is 24.7. The molecule has 0 aliphatic carbocycles. The van der Waals surface area contributed by atoms with E-state index in [1.165, 1.54) is 18.9 Å². The number of hydrogen-bond donors (Lipinski definition) is 2. The maximum absolute atomic E-state index is 12.6. The Morgan fingerprint density at radius 2 is 1.78 bits per heavy atom. The molecule has 0 saturated heterocycles. The van der Waals surface area contributed by atoms with Crippen LogP contribution in [0.3, 0.4) is 0 Å². The first-order valence-corrected chi connectivity index (χ1v) is 9.61. The molecule has 0 bridgehead atoms. The van der Waals surface area contributed by atoms with E-state index in [0.717, 1.165) is 5.69 Å². The highest BCUT2D eigenvalue weighted by Crippen LogP contribution is 2.30. The van der Waals surface area contributed by atoms with Crippen LogP contribution in [0.1, 0.15) is 13.3 Å². The summed E-state index contributed by atoms with van der Waals surface area (Å²) in [5, 5.41) is 5.32. The molecule has 2 aromatic carbocycles. The summed E-state index contributed by atoms with van der Waals surface area (Å²) in [6, 6.07) is 14.4. The number of carbonyl (C=O) groups is 2. The smallest absolute Gasteiger partial charge is 0.237 e. The molecule has 2 N–H and O–H groups in total. The van der Waals surface area contributed by atoms with Gasteiger partial charge in [-0.1, -0.05) is 25.1 Å². The Morgan fingerprint density at radius 3 is 2.41 bits per heavy atom. The zero-order valence-electron chi connectivity index (χ0n) is 15.7. The molecule has 27 heavy (non-hydrogen) atoms. The Kier molecular flexibility index (Phi) is 8.00. The average Bonchev–Trinajstić information content (AvgIpc) is 2.69. The number of benzene rings is 2. The summed E-state index contributed by atoms with van der Waals surface area (Å²) in [6.07, 6.45) is 0.599. The van der Waals surface area contributed by atoms with Crippen molar-refractivity contribution in [2.24, 2.45) is 0 Å². The summed E-state index contributed by atoms with van der Waals surface area (Å²) in [5.41, 5.74) is 1.27. The van der Waals surface area contributed by atoms with Gasteiger partial charge in [0.1, 0.15) is 11.5 Å². The molecule has 0 spiro atoms. The molecule has 1 unspecified atom stereocenters. The Labute approximate surface area is 163 Å². The highest BCUT2D eigenvalue weighted by atomic mass is 32.2. The number of para-hydroxylation sites is 1. The zero-order valence-corrected chi connectivity index (χ0v) is 16.5. The van der Waals surface area contributed by atoms with Crippen molar-refractivity contribution >= 4 is 35.0 Å². The number of thioether (sulfide) groups is 1. The van der Waals surface area contributed by atoms with Gasteiger partial charge in [-0.05, 0) is 30.7 Å². The summed E-state index contributed by atoms with van der Waals surface area (Å²) >= 11 is 1.30. The molecule has 0 aliphatic rings. The van der Waals surface area contributed by atoms with Crippen LogP contribution in [0.15, 0.2) is 48.5 Å². The lowest BCUT2D eigenvalue weighted by atomic mass is 10.2. The van der Waals surface area contributed by atoms with Crippen LogP contribution in [0.5, 0.6) is 11.5 Å². The van der Waals surface area contributed by atoms with E-state index >= 15 is 0 Å². The standard InChI is InChI=1S/C20H24N2O4S/c1-4-18(27-13-19(23)21-14-8-6-5-7-9-14)20(24)22-16-12-15(25-2)10-11-17(16)26-3/h5-12,18H,4,13H2,1-3H3,(H,21,23)(H,22,24). The van der Waals surface area contributed by atoms with Gasteiger partial charge in [-0.15, -0.1) is 11.8 Å². The molecular formula is C20H24N2O4S. The fraction of sp³-hybridized carbons (Fsp3) is 0.300. The topological polar surface area (TPSA) is 76.7 Å². The van der Waals surface area contributed by atoms with Crippen LogP contribution >= 0.6 is 11.8 Å². The number of carbonyl (C=O) groups excluding carboxylic acids is 2. The summed E-state index contributed by atoms with van der Waals surface area (Å²) < 4.78 is 10.5. The largest absolute Gasteiger partial charge is 0.497 e. The van der Waals surface area contributed by atoms with Crippen LogP contribution in [-0.2, 0) is 9.59 Å². The molecule has 2 rings (SSSR count). The minimum absolute atomic E-state index is 0.142. The first-order chi connectivity index (χ1) is 13.1. The van der Waals surface area contributed by atoms with Gasteiger partial charge in [0.05, 0.1) is 30.9 Å². The first-order valence-electron chi connectivity index (χ1n) is 8.56. The predicted octanol–water partition coefficient (Wildman–Crippen LogP) is 3.79. The molecule has 1 atom stereocenters. The maximum Gasteiger partial charge on any atom is 0.237 e. The third kappa shape index (κ3) is 6.21. The van der Waals surface area contributed by atoms with E-state index in [1.807, 2.05) is 37.3 Å². The van der Waals surface area contributed by atoms with Gasteiger partial charge in [-0.2, -0.15) is 0 Å². The van der Waals surface area contributed by atoms with E-state index in [0.29, 0.717) is 23.6 Å². The number of anilines is 2. The minimum atomic E-state index is -0.359. The van der Waals surface area contributed by atoms with Crippen molar-refractivity contribution in [2.45, 2.75) is 18.6 Å². The second kappa shape index (κ2) is 10.5. The van der Waals surface area contributed by atoms with Gasteiger partial charge in [0, 0.05) is 11.8 Å². The fourth-order valence-electron chi connectivity index (χ4n) is 2.40. The molecular weight excluding hydrogens is 364 g/mol. The van der Waals surface area contributed by atoms with Crippen LogP contribution in [-0.4, -0.2) is 37.0 Å². The average molecular weight is 388 g/mol. The van der Waals surface area contributed by atoms with Crippen LogP contribution in [0.2, 0.25) is 0 Å². The number of amides is 2. The Bertz CT molecular complexity index is 768. The van der Waals surface area contributed by atoms with Crippen molar-refractivity contribution in [2.75, 3.05) is 30.6 Å². The van der Waals surface area contributed by atoms with E-state index < -0.39 is 0 Å². The highest BCUT2D eigenvalue weighted by molar-refractivity contribution is 8.01. The second-order valence-corrected chi connectivity index (χ2v) is 6.87. The summed E-state index contributed by atoms with van der Waals surface area (Å²) in [6.45, 7) is 1.91. The van der Waals surface area contributed by atoms with Crippen molar-refractivity contribution < 1.29 is 19.1 Å². The molecule has 2 amide bonds. The number of nitrogens with one attached hydrogen (secondary N) is 2. The Hall–Kier alpha value is -2.67. The Morgan fingerprint density at radius 1 is 1.04 bits per heavy atom. The SMILES string of the molecule is CCC(SCC(=O)Nc1ccccc1)C(=O)Nc1cc(OC)ccc1OC. The van der Waals surface area contributed by atoms with Gasteiger partial charge in [0.15, 0.2) is 0 Å². The number of ether oxygens (including phenoxy) is 2. The lowest BCUT2D eigenvalue weighted by Crippen LogP contribution is -2.27. The van der Waals surface area contributed by atoms with Crippen LogP contribution in [0, 0.1) is 0 Å². The first kappa shape index (κ1) is 20.6. The molecule has 0 radical (unpaired) electrons. The number of rotatable bonds is 9. The maximum atomic E-state index is 12.6. The predicted molar refractivity (Wildman–Crippen MR) is 110 cm³/mol. The zero-order chi connectivity index (χ0) is 19.6. The molecule has 0 fully saturated rings. The normalized spacial score (nSPS) is 11.4. The third-order valence-electron chi connectivity index (χ3n) is 3.80. The number of methoxy groups -OCH3 is 2. The van der Waals surface area contributed by atoms with Gasteiger partial charge in [0.25, 0.3) is 0 Å². The molecule has 7 heteroatoms. The number of hydrogen-bond acceptors (Lipinski definition) is 5. The van der Waals surface area contributed by atoms with Crippen molar-refractivity contribution in [1.29, 1.82) is 0 Å². The van der Waals surface area contributed by atoms with Gasteiger partial charge >= 0.3 is 0 Å². The van der Waals surface area contributed by atoms with E-state index in [2.05, 4.69) is 10.6 Å². The quantitative estimate of drug-likeness (QED) is 0.683. The van der Waals surface area contributed by atoms with Crippen LogP contribution in [0.4, 0.5) is 11.4 Å². The minimum Gasteiger partial charge on any atom is -0.497 e. The van der Waals surface area contributed by atoms with Crippen molar-refractivity contribution in [3.8, 4) is 11.5 Å². The molecule has 6 nitrogen and oxygen atoms in total. The molecule has 0 heterocycles. The Balaban J connectivity index is 1.94. The van der Waals surface area contributed by atoms with Gasteiger partial charge in [-0.3, -0.25) is 9.59 Å². The molecule has 2 aromatic rings. The van der Waals surface area contributed by atoms with Crippen molar-refractivity contribution in [1.82, 2.24) is 0 Å². The van der Waals surface area contributed by atoms with Gasteiger partial charge in [-0.25, -0.2) is 0 Å².